The number of nitriles is 1. The highest BCUT2D eigenvalue weighted by Crippen LogP contribution is 2.30. The van der Waals surface area contributed by atoms with Crippen LogP contribution in [-0.2, 0) is 33.4 Å². The number of methoxy groups -OCH3 is 1. The molecule has 0 aliphatic rings. The second-order valence-corrected chi connectivity index (χ2v) is 11.6. The minimum Gasteiger partial charge on any atom is -0.493 e. The number of ether oxygens (including phenoxy) is 2. The third kappa shape index (κ3) is 7.11. The first-order valence-corrected chi connectivity index (χ1v) is 14.7. The summed E-state index contributed by atoms with van der Waals surface area (Å²) >= 11 is 1.25. The normalized spacial score (nSPS) is 11.5. The second-order valence-electron chi connectivity index (χ2n) is 8.52. The second kappa shape index (κ2) is 13.0. The number of aromatic nitrogens is 2. The van der Waals surface area contributed by atoms with Gasteiger partial charge in [-0.2, -0.15) is 5.26 Å². The van der Waals surface area contributed by atoms with Crippen molar-refractivity contribution in [3.63, 3.8) is 0 Å². The molecule has 3 aromatic carbocycles. The lowest BCUT2D eigenvalue weighted by Crippen LogP contribution is -2.13. The number of hydrogen-bond acceptors (Lipinski definition) is 9. The lowest BCUT2D eigenvalue weighted by Gasteiger charge is -2.14. The average molecular weight is 575 g/mol. The van der Waals surface area contributed by atoms with Crippen LogP contribution in [0, 0.1) is 11.3 Å². The van der Waals surface area contributed by atoms with E-state index in [1.165, 1.54) is 24.5 Å². The molecule has 0 saturated carbocycles. The molecule has 0 aliphatic heterocycles. The zero-order chi connectivity index (χ0) is 28.5. The number of nitrogens with zero attached hydrogens (tertiary/aromatic N) is 3. The number of sulfone groups is 1. The third-order valence-electron chi connectivity index (χ3n) is 5.80. The molecule has 0 fully saturated rings. The fourth-order valence-electron chi connectivity index (χ4n) is 3.73. The van der Waals surface area contributed by atoms with E-state index in [1.54, 1.807) is 60.7 Å². The summed E-state index contributed by atoms with van der Waals surface area (Å²) in [5.41, 5.74) is 1.80. The fraction of sp³-hybridized carbons (Fsp3) is 0.172. The summed E-state index contributed by atoms with van der Waals surface area (Å²) in [5, 5.41) is 21.1. The molecule has 1 aromatic heterocycles. The third-order valence-corrected chi connectivity index (χ3v) is 8.47. The number of hydrogen-bond donors (Lipinski definition) is 1. The number of amides is 1. The molecule has 0 aliphatic carbocycles. The Morgan fingerprint density at radius 3 is 2.42 bits per heavy atom. The number of nitrogens with one attached hydrogen (secondary N) is 1. The van der Waals surface area contributed by atoms with Crippen LogP contribution < -0.4 is 14.8 Å². The molecule has 40 heavy (non-hydrogen) atoms. The Labute approximate surface area is 236 Å². The SMILES string of the molecule is CCc1nnc(NC(=O)/C(C#N)=C/c2ccc(OCc3ccccc3CS(=O)(=O)c3ccccc3)c(OC)c2)s1. The highest BCUT2D eigenvalue weighted by Gasteiger charge is 2.18. The number of rotatable bonds is 11. The molecule has 1 heterocycles. The summed E-state index contributed by atoms with van der Waals surface area (Å²) in [6, 6.07) is 22.4. The Morgan fingerprint density at radius 1 is 1.02 bits per heavy atom. The van der Waals surface area contributed by atoms with Crippen LogP contribution in [0.4, 0.5) is 5.13 Å². The first-order chi connectivity index (χ1) is 19.3. The molecule has 0 radical (unpaired) electrons. The van der Waals surface area contributed by atoms with E-state index in [4.69, 9.17) is 9.47 Å². The van der Waals surface area contributed by atoms with Gasteiger partial charge < -0.3 is 9.47 Å². The van der Waals surface area contributed by atoms with Gasteiger partial charge in [-0.05, 0) is 53.5 Å². The van der Waals surface area contributed by atoms with Gasteiger partial charge in [0.2, 0.25) is 5.13 Å². The molecule has 0 bridgehead atoms. The Morgan fingerprint density at radius 2 is 1.75 bits per heavy atom. The van der Waals surface area contributed by atoms with E-state index in [2.05, 4.69) is 15.5 Å². The largest absolute Gasteiger partial charge is 0.493 e. The first-order valence-electron chi connectivity index (χ1n) is 12.2. The maximum atomic E-state index is 12.9. The predicted octanol–water partition coefficient (Wildman–Crippen LogP) is 5.21. The van der Waals surface area contributed by atoms with Crippen LogP contribution in [0.2, 0.25) is 0 Å². The summed E-state index contributed by atoms with van der Waals surface area (Å²) in [6.45, 7) is 2.04. The van der Waals surface area contributed by atoms with E-state index in [0.717, 1.165) is 10.6 Å². The fourth-order valence-corrected chi connectivity index (χ4v) is 5.83. The number of aryl methyl sites for hydroxylation is 1. The number of carbonyl (C=O) groups is 1. The summed E-state index contributed by atoms with van der Waals surface area (Å²) < 4.78 is 37.3. The molecule has 0 saturated heterocycles. The van der Waals surface area contributed by atoms with Crippen LogP contribution in [-0.4, -0.2) is 31.6 Å². The minimum atomic E-state index is -3.53. The first kappa shape index (κ1) is 28.5. The molecule has 0 atom stereocenters. The van der Waals surface area contributed by atoms with Gasteiger partial charge in [-0.3, -0.25) is 10.1 Å². The van der Waals surface area contributed by atoms with E-state index >= 15 is 0 Å². The zero-order valence-electron chi connectivity index (χ0n) is 21.8. The van der Waals surface area contributed by atoms with Crippen molar-refractivity contribution in [2.45, 2.75) is 30.6 Å². The van der Waals surface area contributed by atoms with Gasteiger partial charge >= 0.3 is 0 Å². The van der Waals surface area contributed by atoms with Crippen LogP contribution in [0.15, 0.2) is 83.3 Å². The Balaban J connectivity index is 1.48. The van der Waals surface area contributed by atoms with Crippen molar-refractivity contribution >= 4 is 38.3 Å². The standard InChI is InChI=1S/C29H26N4O5S2/c1-3-27-32-33-29(39-27)31-28(34)23(17-30)15-20-13-14-25(26(16-20)37-2)38-18-21-9-7-8-10-22(21)19-40(35,36)24-11-5-4-6-12-24/h4-16H,3,18-19H2,1-2H3,(H,31,33,34)/b23-15+. The van der Waals surface area contributed by atoms with Crippen LogP contribution in [0.5, 0.6) is 11.5 Å². The van der Waals surface area contributed by atoms with Gasteiger partial charge in [0.1, 0.15) is 23.3 Å². The molecule has 4 rings (SSSR count). The molecule has 1 N–H and O–H groups in total. The van der Waals surface area contributed by atoms with Crippen molar-refractivity contribution in [1.29, 1.82) is 5.26 Å². The summed E-state index contributed by atoms with van der Waals surface area (Å²) in [6.07, 6.45) is 2.13. The topological polar surface area (TPSA) is 131 Å². The number of benzene rings is 3. The molecule has 1 amide bonds. The number of carbonyl (C=O) groups excluding carboxylic acids is 1. The molecule has 9 nitrogen and oxygen atoms in total. The minimum absolute atomic E-state index is 0.111. The predicted molar refractivity (Wildman–Crippen MR) is 153 cm³/mol. The zero-order valence-corrected chi connectivity index (χ0v) is 23.5. The van der Waals surface area contributed by atoms with Crippen molar-refractivity contribution in [3.05, 3.63) is 100 Å². The van der Waals surface area contributed by atoms with Crippen molar-refractivity contribution in [1.82, 2.24) is 10.2 Å². The summed E-state index contributed by atoms with van der Waals surface area (Å²) in [7, 11) is -2.05. The van der Waals surface area contributed by atoms with Crippen molar-refractivity contribution in [2.75, 3.05) is 12.4 Å². The van der Waals surface area contributed by atoms with Gasteiger partial charge in [0.15, 0.2) is 21.3 Å². The van der Waals surface area contributed by atoms with Crippen molar-refractivity contribution in [2.24, 2.45) is 0 Å². The van der Waals surface area contributed by atoms with Gasteiger partial charge in [-0.1, -0.05) is 66.8 Å². The highest BCUT2D eigenvalue weighted by molar-refractivity contribution is 7.90. The van der Waals surface area contributed by atoms with E-state index in [1.807, 2.05) is 25.1 Å². The van der Waals surface area contributed by atoms with Crippen molar-refractivity contribution < 1.29 is 22.7 Å². The van der Waals surface area contributed by atoms with E-state index in [0.29, 0.717) is 34.2 Å². The smallest absolute Gasteiger partial charge is 0.268 e. The molecular formula is C29H26N4O5S2. The van der Waals surface area contributed by atoms with Crippen LogP contribution >= 0.6 is 11.3 Å². The molecule has 0 unspecified atom stereocenters. The van der Waals surface area contributed by atoms with Crippen LogP contribution in [0.3, 0.4) is 0 Å². The lowest BCUT2D eigenvalue weighted by atomic mass is 10.1. The molecule has 0 spiro atoms. The molecule has 11 heteroatoms. The van der Waals surface area contributed by atoms with Crippen LogP contribution in [0.1, 0.15) is 28.6 Å². The maximum absolute atomic E-state index is 12.9. The van der Waals surface area contributed by atoms with Crippen LogP contribution in [0.25, 0.3) is 6.08 Å². The van der Waals surface area contributed by atoms with Gasteiger partial charge in [-0.25, -0.2) is 8.42 Å². The lowest BCUT2D eigenvalue weighted by molar-refractivity contribution is -0.112. The maximum Gasteiger partial charge on any atom is 0.268 e. The Bertz CT molecular complexity index is 1680. The van der Waals surface area contributed by atoms with Gasteiger partial charge in [0, 0.05) is 0 Å². The van der Waals surface area contributed by atoms with Crippen molar-refractivity contribution in [3.8, 4) is 17.6 Å². The molecular weight excluding hydrogens is 548 g/mol. The summed E-state index contributed by atoms with van der Waals surface area (Å²) in [5.74, 6) is 0.0530. The molecule has 204 valence electrons. The van der Waals surface area contributed by atoms with E-state index < -0.39 is 15.7 Å². The van der Waals surface area contributed by atoms with E-state index in [-0.39, 0.29) is 22.8 Å². The Kier molecular flexibility index (Phi) is 9.27. The van der Waals surface area contributed by atoms with Gasteiger partial charge in [-0.15, -0.1) is 10.2 Å². The quantitative estimate of drug-likeness (QED) is 0.191. The summed E-state index contributed by atoms with van der Waals surface area (Å²) in [4.78, 5) is 12.8. The van der Waals surface area contributed by atoms with Gasteiger partial charge in [0.05, 0.1) is 17.8 Å². The van der Waals surface area contributed by atoms with Gasteiger partial charge in [0.25, 0.3) is 5.91 Å². The Hall–Kier alpha value is -4.53. The number of anilines is 1. The molecule has 4 aromatic rings. The average Bonchev–Trinajstić information content (AvgIpc) is 3.43. The highest BCUT2D eigenvalue weighted by atomic mass is 32.2. The monoisotopic (exact) mass is 574 g/mol. The van der Waals surface area contributed by atoms with E-state index in [9.17, 15) is 18.5 Å².